The van der Waals surface area contributed by atoms with Crippen molar-refractivity contribution in [3.8, 4) is 11.5 Å². The quantitative estimate of drug-likeness (QED) is 0.844. The molecule has 0 saturated carbocycles. The highest BCUT2D eigenvalue weighted by atomic mass is 16.7. The predicted molar refractivity (Wildman–Crippen MR) is 84.7 cm³/mol. The molecule has 2 aliphatic heterocycles. The Morgan fingerprint density at radius 3 is 2.87 bits per heavy atom. The molecule has 1 aromatic carbocycles. The monoisotopic (exact) mass is 321 g/mol. The summed E-state index contributed by atoms with van der Waals surface area (Å²) in [5.74, 6) is 1.47. The number of carbonyl (C=O) groups is 1. The van der Waals surface area contributed by atoms with E-state index in [0.29, 0.717) is 6.54 Å². The van der Waals surface area contributed by atoms with Gasteiger partial charge in [-0.05, 0) is 24.6 Å². The number of ether oxygens (including phenoxy) is 3. The Balaban J connectivity index is 1.40. The van der Waals surface area contributed by atoms with E-state index in [0.717, 1.165) is 49.9 Å². The van der Waals surface area contributed by atoms with Crippen LogP contribution in [0.1, 0.15) is 12.5 Å². The van der Waals surface area contributed by atoms with Gasteiger partial charge in [-0.3, -0.25) is 4.90 Å². The van der Waals surface area contributed by atoms with E-state index in [9.17, 15) is 4.79 Å². The van der Waals surface area contributed by atoms with Crippen LogP contribution < -0.4 is 20.1 Å². The van der Waals surface area contributed by atoms with Crippen molar-refractivity contribution in [1.82, 2.24) is 15.5 Å². The van der Waals surface area contributed by atoms with Crippen molar-refractivity contribution in [1.29, 1.82) is 0 Å². The molecule has 23 heavy (non-hydrogen) atoms. The summed E-state index contributed by atoms with van der Waals surface area (Å²) in [5.41, 5.74) is 0.977. The molecule has 0 aromatic heterocycles. The topological polar surface area (TPSA) is 72.1 Å². The number of amides is 2. The van der Waals surface area contributed by atoms with Crippen molar-refractivity contribution in [2.45, 2.75) is 19.5 Å². The lowest BCUT2D eigenvalue weighted by Crippen LogP contribution is -2.48. The average molecular weight is 321 g/mol. The predicted octanol–water partition coefficient (Wildman–Crippen LogP) is 0.935. The molecule has 1 aromatic rings. The number of nitrogens with one attached hydrogen (secondary N) is 2. The van der Waals surface area contributed by atoms with Gasteiger partial charge in [-0.2, -0.15) is 0 Å². The minimum absolute atomic E-state index is 0.0878. The van der Waals surface area contributed by atoms with Gasteiger partial charge in [0.15, 0.2) is 11.5 Å². The van der Waals surface area contributed by atoms with Crippen LogP contribution in [0.2, 0.25) is 0 Å². The number of fused-ring (bicyclic) bond motifs is 1. The Morgan fingerprint density at radius 1 is 1.26 bits per heavy atom. The van der Waals surface area contributed by atoms with Crippen LogP contribution in [-0.4, -0.2) is 56.6 Å². The number of carbonyl (C=O) groups excluding carboxylic acids is 1. The smallest absolute Gasteiger partial charge is 0.315 e. The van der Waals surface area contributed by atoms with Crippen LogP contribution in [0, 0.1) is 0 Å². The Kier molecular flexibility index (Phi) is 5.19. The fraction of sp³-hybridized carbons (Fsp3) is 0.562. The number of morpholine rings is 1. The maximum Gasteiger partial charge on any atom is 0.315 e. The van der Waals surface area contributed by atoms with Gasteiger partial charge in [0.1, 0.15) is 0 Å². The molecule has 0 aliphatic carbocycles. The second kappa shape index (κ2) is 7.52. The first-order valence-electron chi connectivity index (χ1n) is 7.94. The molecule has 1 atom stereocenters. The lowest BCUT2D eigenvalue weighted by atomic mass is 10.2. The van der Waals surface area contributed by atoms with Gasteiger partial charge in [-0.1, -0.05) is 6.07 Å². The van der Waals surface area contributed by atoms with Crippen molar-refractivity contribution in [3.63, 3.8) is 0 Å². The molecule has 2 N–H and O–H groups in total. The maximum absolute atomic E-state index is 12.0. The van der Waals surface area contributed by atoms with Gasteiger partial charge in [-0.25, -0.2) is 4.79 Å². The van der Waals surface area contributed by atoms with Crippen molar-refractivity contribution in [2.24, 2.45) is 0 Å². The molecule has 3 rings (SSSR count). The molecule has 2 aliphatic rings. The zero-order valence-electron chi connectivity index (χ0n) is 13.3. The molecule has 2 amide bonds. The van der Waals surface area contributed by atoms with Gasteiger partial charge in [0.05, 0.1) is 13.2 Å². The van der Waals surface area contributed by atoms with Crippen LogP contribution in [0.3, 0.4) is 0 Å². The highest BCUT2D eigenvalue weighted by Crippen LogP contribution is 2.32. The third-order valence-electron chi connectivity index (χ3n) is 3.90. The SMILES string of the molecule is CC(CN1CCOCC1)NC(=O)NCc1ccc2c(c1)OCO2. The molecule has 2 heterocycles. The lowest BCUT2D eigenvalue weighted by molar-refractivity contribution is 0.0349. The summed E-state index contributed by atoms with van der Waals surface area (Å²) in [4.78, 5) is 14.3. The van der Waals surface area contributed by atoms with Crippen LogP contribution in [0.25, 0.3) is 0 Å². The van der Waals surface area contributed by atoms with Crippen LogP contribution >= 0.6 is 0 Å². The molecule has 1 saturated heterocycles. The first-order chi connectivity index (χ1) is 11.2. The normalized spacial score (nSPS) is 18.5. The fourth-order valence-corrected chi connectivity index (χ4v) is 2.72. The summed E-state index contributed by atoms with van der Waals surface area (Å²) in [7, 11) is 0. The molecular weight excluding hydrogens is 298 g/mol. The van der Waals surface area contributed by atoms with E-state index in [4.69, 9.17) is 14.2 Å². The molecule has 126 valence electrons. The number of nitrogens with zero attached hydrogens (tertiary/aromatic N) is 1. The third-order valence-corrected chi connectivity index (χ3v) is 3.90. The highest BCUT2D eigenvalue weighted by Gasteiger charge is 2.16. The summed E-state index contributed by atoms with van der Waals surface area (Å²) < 4.78 is 15.9. The minimum Gasteiger partial charge on any atom is -0.454 e. The second-order valence-corrected chi connectivity index (χ2v) is 5.83. The Morgan fingerprint density at radius 2 is 2.04 bits per heavy atom. The fourth-order valence-electron chi connectivity index (χ4n) is 2.72. The Labute approximate surface area is 135 Å². The summed E-state index contributed by atoms with van der Waals surface area (Å²) in [6.07, 6.45) is 0. The van der Waals surface area contributed by atoms with E-state index >= 15 is 0 Å². The summed E-state index contributed by atoms with van der Waals surface area (Å²) in [5, 5.41) is 5.83. The zero-order chi connectivity index (χ0) is 16.1. The van der Waals surface area contributed by atoms with E-state index in [1.807, 2.05) is 25.1 Å². The first-order valence-corrected chi connectivity index (χ1v) is 7.94. The van der Waals surface area contributed by atoms with Gasteiger partial charge < -0.3 is 24.8 Å². The number of hydrogen-bond acceptors (Lipinski definition) is 5. The standard InChI is InChI=1S/C16H23N3O4/c1-12(10-19-4-6-21-7-5-19)18-16(20)17-9-13-2-3-14-15(8-13)23-11-22-14/h2-3,8,12H,4-7,9-11H2,1H3,(H2,17,18,20). The van der Waals surface area contributed by atoms with Crippen LogP contribution in [0.5, 0.6) is 11.5 Å². The van der Waals surface area contributed by atoms with E-state index in [1.165, 1.54) is 0 Å². The highest BCUT2D eigenvalue weighted by molar-refractivity contribution is 5.74. The first kappa shape index (κ1) is 15.9. The third kappa shape index (κ3) is 4.49. The van der Waals surface area contributed by atoms with Gasteiger partial charge in [0.25, 0.3) is 0 Å². The molecule has 0 spiro atoms. The van der Waals surface area contributed by atoms with Gasteiger partial charge in [-0.15, -0.1) is 0 Å². The number of benzene rings is 1. The summed E-state index contributed by atoms with van der Waals surface area (Å²) >= 11 is 0. The minimum atomic E-state index is -0.163. The molecule has 7 heteroatoms. The number of hydrogen-bond donors (Lipinski definition) is 2. The number of rotatable bonds is 5. The Bertz CT molecular complexity index is 546. The average Bonchev–Trinajstić information content (AvgIpc) is 3.01. The number of urea groups is 1. The van der Waals surface area contributed by atoms with Crippen molar-refractivity contribution >= 4 is 6.03 Å². The van der Waals surface area contributed by atoms with E-state index in [2.05, 4.69) is 15.5 Å². The molecule has 0 radical (unpaired) electrons. The molecule has 1 fully saturated rings. The van der Waals surface area contributed by atoms with Crippen LogP contribution in [0.4, 0.5) is 4.79 Å². The maximum atomic E-state index is 12.0. The Hall–Kier alpha value is -1.99. The van der Waals surface area contributed by atoms with Crippen LogP contribution in [0.15, 0.2) is 18.2 Å². The molecular formula is C16H23N3O4. The van der Waals surface area contributed by atoms with E-state index in [-0.39, 0.29) is 18.9 Å². The van der Waals surface area contributed by atoms with Gasteiger partial charge in [0.2, 0.25) is 6.79 Å². The van der Waals surface area contributed by atoms with E-state index < -0.39 is 0 Å². The molecule has 7 nitrogen and oxygen atoms in total. The van der Waals surface area contributed by atoms with Gasteiger partial charge in [0, 0.05) is 32.2 Å². The molecule has 0 bridgehead atoms. The largest absolute Gasteiger partial charge is 0.454 e. The summed E-state index contributed by atoms with van der Waals surface area (Å²) in [6, 6.07) is 5.59. The zero-order valence-corrected chi connectivity index (χ0v) is 13.3. The van der Waals surface area contributed by atoms with Crippen LogP contribution in [-0.2, 0) is 11.3 Å². The van der Waals surface area contributed by atoms with E-state index in [1.54, 1.807) is 0 Å². The lowest BCUT2D eigenvalue weighted by Gasteiger charge is -2.29. The van der Waals surface area contributed by atoms with Gasteiger partial charge >= 0.3 is 6.03 Å². The summed E-state index contributed by atoms with van der Waals surface area (Å²) in [6.45, 7) is 6.93. The van der Waals surface area contributed by atoms with Crippen molar-refractivity contribution in [3.05, 3.63) is 23.8 Å². The van der Waals surface area contributed by atoms with Crippen molar-refractivity contribution in [2.75, 3.05) is 39.6 Å². The molecule has 1 unspecified atom stereocenters. The second-order valence-electron chi connectivity index (χ2n) is 5.83. The van der Waals surface area contributed by atoms with Crippen molar-refractivity contribution < 1.29 is 19.0 Å².